The zero-order chi connectivity index (χ0) is 38.3. The van der Waals surface area contributed by atoms with Gasteiger partial charge in [0.2, 0.25) is 17.7 Å². The minimum atomic E-state index is -1.27. The van der Waals surface area contributed by atoms with E-state index in [2.05, 4.69) is 40.4 Å². The second kappa shape index (κ2) is 19.5. The topological polar surface area (TPSA) is 154 Å². The van der Waals surface area contributed by atoms with E-state index in [1.807, 2.05) is 60.7 Å². The predicted molar refractivity (Wildman–Crippen MR) is 207 cm³/mol. The Balaban J connectivity index is 0.000000850. The van der Waals surface area contributed by atoms with Gasteiger partial charge < -0.3 is 30.7 Å². The molecule has 0 saturated carbocycles. The van der Waals surface area contributed by atoms with Crippen LogP contribution in [0.5, 0.6) is 5.75 Å². The number of carbonyl (C=O) groups excluding carboxylic acids is 4. The van der Waals surface area contributed by atoms with E-state index in [1.165, 1.54) is 9.78 Å². The van der Waals surface area contributed by atoms with E-state index in [1.54, 1.807) is 59.9 Å². The molecule has 3 heterocycles. The molecule has 54 heavy (non-hydrogen) atoms. The number of amides is 4. The monoisotopic (exact) mass is 746 g/mol. The van der Waals surface area contributed by atoms with Gasteiger partial charge in [0.1, 0.15) is 17.8 Å². The highest BCUT2D eigenvalue weighted by molar-refractivity contribution is 7.09. The number of nitrogens with one attached hydrogen (secondary N) is 3. The van der Waals surface area contributed by atoms with E-state index in [9.17, 15) is 29.1 Å². The molecule has 7 rings (SSSR count). The molecular weight excluding hydrogens is 705 g/mol. The van der Waals surface area contributed by atoms with Crippen molar-refractivity contribution in [2.24, 2.45) is 0 Å². The summed E-state index contributed by atoms with van der Waals surface area (Å²) in [6, 6.07) is 34.6. The number of fused-ring (bicyclic) bond motifs is 16. The standard InChI is InChI=1S/C37H36N4O7.C5H6S/c42-33-21-38-35(44)24-48-30-17-13-26(14-18-30)20-32(37(46)47)40-34(43)23-41(22-27-7-3-1-4-8-27)36(45)31(39-33)19-25-11-15-29(16-12-25)28-9-5-2-6-10-28;1-5-3-2-4-6-5/h1-18,31-32H,19-24H2,(H,38,44)(H,39,42)(H,40,43)(H,46,47);2-4H,1H3/t31-,32+;/m1./s1. The van der Waals surface area contributed by atoms with Crippen molar-refractivity contribution < 1.29 is 33.8 Å². The highest BCUT2D eigenvalue weighted by atomic mass is 32.1. The highest BCUT2D eigenvalue weighted by Crippen LogP contribution is 2.20. The van der Waals surface area contributed by atoms with Crippen molar-refractivity contribution in [3.8, 4) is 16.9 Å². The second-order valence-corrected chi connectivity index (χ2v) is 13.8. The quantitative estimate of drug-likeness (QED) is 0.182. The number of benzene rings is 4. The minimum Gasteiger partial charge on any atom is -0.484 e. The number of aliphatic carboxylic acids is 1. The first-order chi connectivity index (χ1) is 26.1. The van der Waals surface area contributed by atoms with Crippen LogP contribution in [0.1, 0.15) is 21.6 Å². The number of carbonyl (C=O) groups is 5. The second-order valence-electron chi connectivity index (χ2n) is 12.7. The Morgan fingerprint density at radius 1 is 0.759 bits per heavy atom. The van der Waals surface area contributed by atoms with Gasteiger partial charge in [-0.15, -0.1) is 11.3 Å². The molecule has 5 aromatic rings. The molecule has 4 N–H and O–H groups in total. The van der Waals surface area contributed by atoms with Crippen molar-refractivity contribution in [2.45, 2.75) is 38.4 Å². The van der Waals surface area contributed by atoms with Crippen LogP contribution in [0.4, 0.5) is 0 Å². The molecule has 0 aliphatic carbocycles. The maximum atomic E-state index is 14.2. The van der Waals surface area contributed by atoms with Gasteiger partial charge in [-0.25, -0.2) is 4.79 Å². The molecule has 278 valence electrons. The summed E-state index contributed by atoms with van der Waals surface area (Å²) in [6.45, 7) is 0.906. The Bertz CT molecular complexity index is 1990. The summed E-state index contributed by atoms with van der Waals surface area (Å²) >= 11 is 1.78. The molecule has 0 spiro atoms. The van der Waals surface area contributed by atoms with Crippen molar-refractivity contribution in [3.05, 3.63) is 148 Å². The van der Waals surface area contributed by atoms with Crippen molar-refractivity contribution in [1.82, 2.24) is 20.9 Å². The number of hydrogen-bond donors (Lipinski definition) is 4. The lowest BCUT2D eigenvalue weighted by molar-refractivity contribution is -0.143. The fourth-order valence-electron chi connectivity index (χ4n) is 5.69. The third-order valence-corrected chi connectivity index (χ3v) is 9.27. The molecule has 0 radical (unpaired) electrons. The number of ether oxygens (including phenoxy) is 1. The van der Waals surface area contributed by atoms with E-state index < -0.39 is 54.8 Å². The van der Waals surface area contributed by atoms with E-state index in [0.717, 1.165) is 22.3 Å². The first kappa shape index (κ1) is 38.9. The number of hydrogen-bond acceptors (Lipinski definition) is 7. The number of thiophene rings is 1. The van der Waals surface area contributed by atoms with Gasteiger partial charge in [0, 0.05) is 24.3 Å². The van der Waals surface area contributed by atoms with Crippen LogP contribution in [0.3, 0.4) is 0 Å². The normalized spacial score (nSPS) is 16.9. The molecular formula is C42H42N4O7S. The van der Waals surface area contributed by atoms with Crippen molar-refractivity contribution in [3.63, 3.8) is 0 Å². The molecule has 0 saturated heterocycles. The fraction of sp³-hybridized carbons (Fsp3) is 0.214. The predicted octanol–water partition coefficient (Wildman–Crippen LogP) is 4.79. The van der Waals surface area contributed by atoms with Gasteiger partial charge in [0.25, 0.3) is 5.91 Å². The first-order valence-corrected chi connectivity index (χ1v) is 18.3. The van der Waals surface area contributed by atoms with Gasteiger partial charge in [0.15, 0.2) is 6.61 Å². The van der Waals surface area contributed by atoms with Crippen LogP contribution in [0.2, 0.25) is 0 Å². The molecule has 12 heteroatoms. The molecule has 11 nitrogen and oxygen atoms in total. The van der Waals surface area contributed by atoms with E-state index in [4.69, 9.17) is 4.74 Å². The Morgan fingerprint density at radius 3 is 2.04 bits per heavy atom. The minimum absolute atomic E-state index is 0.0217. The number of carboxylic acids is 1. The lowest BCUT2D eigenvalue weighted by Crippen LogP contribution is -2.54. The third-order valence-electron chi connectivity index (χ3n) is 8.47. The summed E-state index contributed by atoms with van der Waals surface area (Å²) in [5, 5.41) is 19.8. The molecule has 0 unspecified atom stereocenters. The molecule has 0 fully saturated rings. The van der Waals surface area contributed by atoms with Crippen molar-refractivity contribution in [1.29, 1.82) is 0 Å². The van der Waals surface area contributed by atoms with Gasteiger partial charge in [-0.1, -0.05) is 103 Å². The molecule has 2 aliphatic rings. The summed E-state index contributed by atoms with van der Waals surface area (Å²) in [7, 11) is 0. The number of nitrogens with zero attached hydrogens (tertiary/aromatic N) is 1. The fourth-order valence-corrected chi connectivity index (χ4v) is 6.22. The summed E-state index contributed by atoms with van der Waals surface area (Å²) in [5.41, 5.74) is 4.10. The van der Waals surface area contributed by atoms with Gasteiger partial charge in [-0.3, -0.25) is 19.2 Å². The molecule has 1 aromatic heterocycles. The molecule has 2 atom stereocenters. The zero-order valence-corrected chi connectivity index (χ0v) is 30.6. The van der Waals surface area contributed by atoms with Crippen LogP contribution in [0, 0.1) is 6.92 Å². The maximum absolute atomic E-state index is 14.2. The van der Waals surface area contributed by atoms with E-state index >= 15 is 0 Å². The van der Waals surface area contributed by atoms with Crippen LogP contribution in [0.25, 0.3) is 11.1 Å². The SMILES string of the molecule is Cc1cccs1.O=C1COc2ccc(cc2)C[C@@H](C(=O)O)NC(=O)CN(Cc2ccccc2)C(=O)[C@@H](Cc2ccc(-c3ccccc3)cc2)NC(=O)CN1. The number of aryl methyl sites for hydroxylation is 1. The Labute approximate surface area is 318 Å². The lowest BCUT2D eigenvalue weighted by Gasteiger charge is -2.28. The van der Waals surface area contributed by atoms with Crippen LogP contribution in [-0.2, 0) is 43.4 Å². The van der Waals surface area contributed by atoms with Crippen LogP contribution < -0.4 is 20.7 Å². The summed E-state index contributed by atoms with van der Waals surface area (Å²) < 4.78 is 5.50. The first-order valence-electron chi connectivity index (χ1n) is 17.4. The van der Waals surface area contributed by atoms with Crippen LogP contribution in [-0.4, -0.2) is 71.4 Å². The smallest absolute Gasteiger partial charge is 0.326 e. The summed E-state index contributed by atoms with van der Waals surface area (Å²) in [6.07, 6.45) is 0.0709. The molecule has 4 aromatic carbocycles. The Morgan fingerprint density at radius 2 is 1.43 bits per heavy atom. The average Bonchev–Trinajstić information content (AvgIpc) is 3.67. The van der Waals surface area contributed by atoms with Crippen molar-refractivity contribution in [2.75, 3.05) is 19.7 Å². The lowest BCUT2D eigenvalue weighted by atomic mass is 9.99. The van der Waals surface area contributed by atoms with Gasteiger partial charge in [0.05, 0.1) is 13.1 Å². The molecule has 2 aliphatic heterocycles. The zero-order valence-electron chi connectivity index (χ0n) is 29.8. The van der Waals surface area contributed by atoms with Gasteiger partial charge in [-0.2, -0.15) is 0 Å². The summed E-state index contributed by atoms with van der Waals surface area (Å²) in [5.74, 6) is -3.25. The number of carboxylic acid groups (broad SMARTS) is 1. The Hall–Kier alpha value is -6.27. The molecule has 2 bridgehead atoms. The van der Waals surface area contributed by atoms with Crippen LogP contribution >= 0.6 is 11.3 Å². The molecule has 4 amide bonds. The van der Waals surface area contributed by atoms with Crippen molar-refractivity contribution >= 4 is 40.9 Å². The van der Waals surface area contributed by atoms with Crippen LogP contribution in [0.15, 0.2) is 127 Å². The number of rotatable bonds is 6. The summed E-state index contributed by atoms with van der Waals surface area (Å²) in [4.78, 5) is 68.0. The third kappa shape index (κ3) is 12.2. The van der Waals surface area contributed by atoms with E-state index in [0.29, 0.717) is 11.3 Å². The van der Waals surface area contributed by atoms with E-state index in [-0.39, 0.29) is 26.0 Å². The van der Waals surface area contributed by atoms with Gasteiger partial charge in [-0.05, 0) is 58.3 Å². The largest absolute Gasteiger partial charge is 0.484 e. The average molecular weight is 747 g/mol. The highest BCUT2D eigenvalue weighted by Gasteiger charge is 2.30. The van der Waals surface area contributed by atoms with Gasteiger partial charge >= 0.3 is 5.97 Å². The maximum Gasteiger partial charge on any atom is 0.326 e. The Kier molecular flexibility index (Phi) is 14.1.